The van der Waals surface area contributed by atoms with Crippen molar-refractivity contribution in [1.29, 1.82) is 0 Å². The number of ether oxygens (including phenoxy) is 2. The second kappa shape index (κ2) is 6.58. The quantitative estimate of drug-likeness (QED) is 0.661. The Morgan fingerprint density at radius 3 is 2.08 bits per heavy atom. The Labute approximate surface area is 131 Å². The Bertz CT molecular complexity index is 698. The Hall–Kier alpha value is -2.45. The zero-order chi connectivity index (χ0) is 18.0. The van der Waals surface area contributed by atoms with Gasteiger partial charge < -0.3 is 9.47 Å². The molecule has 0 atom stereocenters. The van der Waals surface area contributed by atoms with Crippen molar-refractivity contribution in [1.82, 2.24) is 0 Å². The molecule has 0 N–H and O–H groups in total. The maximum absolute atomic E-state index is 12.9. The maximum Gasteiger partial charge on any atom is 0.573 e. The SMILES string of the molecule is FC(F)C(F)(F)Oc1cccc(-c2ccccc2OC(F)(F)F)c1. The van der Waals surface area contributed by atoms with E-state index in [4.69, 9.17) is 0 Å². The summed E-state index contributed by atoms with van der Waals surface area (Å²) in [6.45, 7) is 0. The van der Waals surface area contributed by atoms with Gasteiger partial charge in [0.25, 0.3) is 0 Å². The van der Waals surface area contributed by atoms with Gasteiger partial charge >= 0.3 is 18.9 Å². The van der Waals surface area contributed by atoms with Crippen LogP contribution in [0.5, 0.6) is 11.5 Å². The van der Waals surface area contributed by atoms with E-state index in [9.17, 15) is 30.7 Å². The molecule has 0 spiro atoms. The van der Waals surface area contributed by atoms with Crippen LogP contribution in [-0.4, -0.2) is 18.9 Å². The third-order valence-electron chi connectivity index (χ3n) is 2.77. The summed E-state index contributed by atoms with van der Waals surface area (Å²) in [5, 5.41) is 0. The number of benzene rings is 2. The van der Waals surface area contributed by atoms with Crippen molar-refractivity contribution < 1.29 is 40.2 Å². The lowest BCUT2D eigenvalue weighted by atomic mass is 10.0. The van der Waals surface area contributed by atoms with Crippen molar-refractivity contribution in [3.63, 3.8) is 0 Å². The van der Waals surface area contributed by atoms with Crippen molar-refractivity contribution in [3.05, 3.63) is 48.5 Å². The number of para-hydroxylation sites is 1. The molecule has 0 aliphatic carbocycles. The Morgan fingerprint density at radius 1 is 0.792 bits per heavy atom. The van der Waals surface area contributed by atoms with Crippen LogP contribution in [0.15, 0.2) is 48.5 Å². The van der Waals surface area contributed by atoms with Gasteiger partial charge in [-0.1, -0.05) is 30.3 Å². The highest BCUT2D eigenvalue weighted by atomic mass is 19.4. The first-order valence-corrected chi connectivity index (χ1v) is 6.39. The first kappa shape index (κ1) is 17.9. The molecular formula is C15H9F7O2. The zero-order valence-corrected chi connectivity index (χ0v) is 11.7. The van der Waals surface area contributed by atoms with Gasteiger partial charge in [-0.05, 0) is 23.8 Å². The molecule has 0 amide bonds. The van der Waals surface area contributed by atoms with Crippen molar-refractivity contribution in [2.75, 3.05) is 0 Å². The molecule has 9 heteroatoms. The van der Waals surface area contributed by atoms with Gasteiger partial charge in [0, 0.05) is 5.56 Å². The first-order valence-electron chi connectivity index (χ1n) is 6.39. The van der Waals surface area contributed by atoms with Gasteiger partial charge in [0.2, 0.25) is 0 Å². The monoisotopic (exact) mass is 354 g/mol. The average molecular weight is 354 g/mol. The van der Waals surface area contributed by atoms with E-state index in [0.29, 0.717) is 0 Å². The van der Waals surface area contributed by atoms with Gasteiger partial charge in [-0.25, -0.2) is 0 Å². The van der Waals surface area contributed by atoms with Crippen LogP contribution in [-0.2, 0) is 0 Å². The lowest BCUT2D eigenvalue weighted by molar-refractivity contribution is -0.274. The summed E-state index contributed by atoms with van der Waals surface area (Å²) in [6, 6.07) is 9.34. The minimum Gasteiger partial charge on any atom is -0.428 e. The predicted octanol–water partition coefficient (Wildman–Crippen LogP) is 5.49. The number of hydrogen-bond acceptors (Lipinski definition) is 2. The summed E-state index contributed by atoms with van der Waals surface area (Å²) in [7, 11) is 0. The number of hydrogen-bond donors (Lipinski definition) is 0. The lowest BCUT2D eigenvalue weighted by Crippen LogP contribution is -2.33. The fourth-order valence-corrected chi connectivity index (χ4v) is 1.85. The molecule has 2 aromatic rings. The summed E-state index contributed by atoms with van der Waals surface area (Å²) in [6.07, 6.45) is -13.7. The molecule has 2 nitrogen and oxygen atoms in total. The van der Waals surface area contributed by atoms with Gasteiger partial charge in [-0.2, -0.15) is 17.6 Å². The Kier molecular flexibility index (Phi) is 4.91. The first-order chi connectivity index (χ1) is 11.1. The van der Waals surface area contributed by atoms with Crippen LogP contribution in [0.1, 0.15) is 0 Å². The van der Waals surface area contributed by atoms with Gasteiger partial charge in [0.15, 0.2) is 0 Å². The molecule has 2 rings (SSSR count). The van der Waals surface area contributed by atoms with E-state index >= 15 is 0 Å². The molecule has 0 radical (unpaired) electrons. The Balaban J connectivity index is 2.36. The van der Waals surface area contributed by atoms with Gasteiger partial charge in [-0.15, -0.1) is 13.2 Å². The fourth-order valence-electron chi connectivity index (χ4n) is 1.85. The van der Waals surface area contributed by atoms with Crippen LogP contribution in [0.2, 0.25) is 0 Å². The standard InChI is InChI=1S/C15H9F7O2/c16-13(17)14(18,19)23-10-5-3-4-9(8-10)11-6-1-2-7-12(11)24-15(20,21)22/h1-8,13H. The Morgan fingerprint density at radius 2 is 1.46 bits per heavy atom. The second-order valence-electron chi connectivity index (χ2n) is 4.54. The highest BCUT2D eigenvalue weighted by molar-refractivity contribution is 5.71. The van der Waals surface area contributed by atoms with E-state index in [2.05, 4.69) is 9.47 Å². The van der Waals surface area contributed by atoms with E-state index in [0.717, 1.165) is 18.2 Å². The summed E-state index contributed by atoms with van der Waals surface area (Å²) in [4.78, 5) is 0. The average Bonchev–Trinajstić information content (AvgIpc) is 2.45. The van der Waals surface area contributed by atoms with Crippen molar-refractivity contribution in [2.24, 2.45) is 0 Å². The van der Waals surface area contributed by atoms with Crippen molar-refractivity contribution in [3.8, 4) is 22.6 Å². The van der Waals surface area contributed by atoms with Gasteiger partial charge in [0.05, 0.1) is 0 Å². The smallest absolute Gasteiger partial charge is 0.428 e. The van der Waals surface area contributed by atoms with Crippen LogP contribution in [0.4, 0.5) is 30.7 Å². The van der Waals surface area contributed by atoms with Crippen LogP contribution in [0, 0.1) is 0 Å². The molecule has 0 fully saturated rings. The van der Waals surface area contributed by atoms with Crippen LogP contribution in [0.25, 0.3) is 11.1 Å². The minimum atomic E-state index is -4.95. The molecule has 24 heavy (non-hydrogen) atoms. The zero-order valence-electron chi connectivity index (χ0n) is 11.7. The van der Waals surface area contributed by atoms with E-state index < -0.39 is 30.4 Å². The number of halogens is 7. The summed E-state index contributed by atoms with van der Waals surface area (Å²) < 4.78 is 95.1. The van der Waals surface area contributed by atoms with Crippen LogP contribution >= 0.6 is 0 Å². The van der Waals surface area contributed by atoms with E-state index in [-0.39, 0.29) is 11.1 Å². The second-order valence-corrected chi connectivity index (χ2v) is 4.54. The molecular weight excluding hydrogens is 345 g/mol. The van der Waals surface area contributed by atoms with Gasteiger partial charge in [-0.3, -0.25) is 0 Å². The van der Waals surface area contributed by atoms with E-state index in [1.165, 1.54) is 30.3 Å². The number of alkyl halides is 7. The lowest BCUT2D eigenvalue weighted by Gasteiger charge is -2.18. The highest BCUT2D eigenvalue weighted by Gasteiger charge is 2.44. The summed E-state index contributed by atoms with van der Waals surface area (Å²) >= 11 is 0. The van der Waals surface area contributed by atoms with Crippen LogP contribution < -0.4 is 9.47 Å². The minimum absolute atomic E-state index is 0.0254. The molecule has 2 aromatic carbocycles. The summed E-state index contributed by atoms with van der Waals surface area (Å²) in [5.41, 5.74) is -0.0435. The molecule has 0 bridgehead atoms. The fraction of sp³-hybridized carbons (Fsp3) is 0.200. The topological polar surface area (TPSA) is 18.5 Å². The molecule has 0 aromatic heterocycles. The predicted molar refractivity (Wildman–Crippen MR) is 70.1 cm³/mol. The normalized spacial score (nSPS) is 12.3. The maximum atomic E-state index is 12.9. The largest absolute Gasteiger partial charge is 0.573 e. The number of rotatable bonds is 5. The van der Waals surface area contributed by atoms with E-state index in [1.54, 1.807) is 0 Å². The van der Waals surface area contributed by atoms with Gasteiger partial charge in [0.1, 0.15) is 11.5 Å². The highest BCUT2D eigenvalue weighted by Crippen LogP contribution is 2.36. The van der Waals surface area contributed by atoms with Crippen molar-refractivity contribution >= 4 is 0 Å². The summed E-state index contributed by atoms with van der Waals surface area (Å²) in [5.74, 6) is -1.19. The molecule has 0 aliphatic heterocycles. The third kappa shape index (κ3) is 4.53. The molecule has 0 unspecified atom stereocenters. The van der Waals surface area contributed by atoms with E-state index in [1.807, 2.05) is 0 Å². The molecule has 0 saturated heterocycles. The molecule has 0 aliphatic rings. The molecule has 0 saturated carbocycles. The molecule has 0 heterocycles. The molecule has 130 valence electrons. The third-order valence-corrected chi connectivity index (χ3v) is 2.77. The van der Waals surface area contributed by atoms with Crippen LogP contribution in [0.3, 0.4) is 0 Å². The van der Waals surface area contributed by atoms with Crippen molar-refractivity contribution in [2.45, 2.75) is 18.9 Å².